The molecule has 0 unspecified atom stereocenters. The first kappa shape index (κ1) is 11.5. The average Bonchev–Trinajstić information content (AvgIpc) is 2.21. The van der Waals surface area contributed by atoms with Crippen molar-refractivity contribution in [3.05, 3.63) is 35.6 Å². The third kappa shape index (κ3) is 4.44. The van der Waals surface area contributed by atoms with Crippen LogP contribution in [0.1, 0.15) is 12.5 Å². The van der Waals surface area contributed by atoms with Gasteiger partial charge in [-0.15, -0.1) is 0 Å². The second-order valence-electron chi connectivity index (χ2n) is 3.17. The highest BCUT2D eigenvalue weighted by Crippen LogP contribution is 2.03. The van der Waals surface area contributed by atoms with Crippen LogP contribution in [0.15, 0.2) is 29.3 Å². The molecule has 0 aliphatic rings. The van der Waals surface area contributed by atoms with Gasteiger partial charge in [0, 0.05) is 13.1 Å². The Morgan fingerprint density at radius 1 is 1.40 bits per heavy atom. The molecule has 0 heterocycles. The van der Waals surface area contributed by atoms with Gasteiger partial charge < -0.3 is 11.1 Å². The SMILES string of the molecule is CCNC(N)=NCCc1ccc(F)cc1. The lowest BCUT2D eigenvalue weighted by Gasteiger charge is -2.02. The predicted octanol–water partition coefficient (Wildman–Crippen LogP) is 1.29. The number of benzene rings is 1. The molecule has 0 aliphatic carbocycles. The molecule has 0 radical (unpaired) electrons. The van der Waals surface area contributed by atoms with Crippen molar-refractivity contribution in [2.24, 2.45) is 10.7 Å². The van der Waals surface area contributed by atoms with Crippen LogP contribution in [0.3, 0.4) is 0 Å². The highest BCUT2D eigenvalue weighted by atomic mass is 19.1. The van der Waals surface area contributed by atoms with Gasteiger partial charge in [-0.1, -0.05) is 12.1 Å². The van der Waals surface area contributed by atoms with E-state index in [1.165, 1.54) is 12.1 Å². The number of nitrogens with two attached hydrogens (primary N) is 1. The fraction of sp³-hybridized carbons (Fsp3) is 0.364. The summed E-state index contributed by atoms with van der Waals surface area (Å²) >= 11 is 0. The summed E-state index contributed by atoms with van der Waals surface area (Å²) in [6, 6.07) is 6.42. The molecule has 0 saturated heterocycles. The van der Waals surface area contributed by atoms with Gasteiger partial charge in [-0.3, -0.25) is 4.99 Å². The lowest BCUT2D eigenvalue weighted by Crippen LogP contribution is -2.31. The van der Waals surface area contributed by atoms with E-state index in [2.05, 4.69) is 10.3 Å². The monoisotopic (exact) mass is 209 g/mol. The number of guanidine groups is 1. The molecule has 0 bridgehead atoms. The number of rotatable bonds is 4. The standard InChI is InChI=1S/C11H16FN3/c1-2-14-11(13)15-8-7-9-3-5-10(12)6-4-9/h3-6H,2,7-8H2,1H3,(H3,13,14,15). The van der Waals surface area contributed by atoms with Gasteiger partial charge in [0.2, 0.25) is 0 Å². The Morgan fingerprint density at radius 2 is 2.07 bits per heavy atom. The highest BCUT2D eigenvalue weighted by Gasteiger charge is 1.93. The highest BCUT2D eigenvalue weighted by molar-refractivity contribution is 5.77. The quantitative estimate of drug-likeness (QED) is 0.580. The van der Waals surface area contributed by atoms with Crippen molar-refractivity contribution in [3.63, 3.8) is 0 Å². The zero-order chi connectivity index (χ0) is 11.1. The van der Waals surface area contributed by atoms with Crippen LogP contribution in [0.4, 0.5) is 4.39 Å². The summed E-state index contributed by atoms with van der Waals surface area (Å²) in [5, 5.41) is 2.91. The molecular formula is C11H16FN3. The van der Waals surface area contributed by atoms with Gasteiger partial charge in [0.1, 0.15) is 5.82 Å². The smallest absolute Gasteiger partial charge is 0.188 e. The van der Waals surface area contributed by atoms with E-state index in [1.807, 2.05) is 6.92 Å². The largest absolute Gasteiger partial charge is 0.370 e. The van der Waals surface area contributed by atoms with Crippen molar-refractivity contribution in [2.75, 3.05) is 13.1 Å². The zero-order valence-corrected chi connectivity index (χ0v) is 8.83. The van der Waals surface area contributed by atoms with Crippen LogP contribution in [-0.4, -0.2) is 19.0 Å². The number of hydrogen-bond donors (Lipinski definition) is 2. The van der Waals surface area contributed by atoms with Crippen LogP contribution in [-0.2, 0) is 6.42 Å². The maximum absolute atomic E-state index is 12.6. The predicted molar refractivity (Wildman–Crippen MR) is 60.3 cm³/mol. The van der Waals surface area contributed by atoms with Gasteiger partial charge in [0.05, 0.1) is 0 Å². The second-order valence-corrected chi connectivity index (χ2v) is 3.17. The van der Waals surface area contributed by atoms with Crippen LogP contribution in [0.2, 0.25) is 0 Å². The van der Waals surface area contributed by atoms with Gasteiger partial charge >= 0.3 is 0 Å². The number of aliphatic imine (C=N–C) groups is 1. The van der Waals surface area contributed by atoms with E-state index in [4.69, 9.17) is 5.73 Å². The lowest BCUT2D eigenvalue weighted by atomic mass is 10.1. The number of halogens is 1. The van der Waals surface area contributed by atoms with Gasteiger partial charge in [0.15, 0.2) is 5.96 Å². The molecule has 3 nitrogen and oxygen atoms in total. The average molecular weight is 209 g/mol. The molecule has 3 N–H and O–H groups in total. The Kier molecular flexibility index (Phi) is 4.60. The van der Waals surface area contributed by atoms with Crippen LogP contribution in [0.25, 0.3) is 0 Å². The maximum Gasteiger partial charge on any atom is 0.188 e. The molecule has 1 aromatic rings. The number of hydrogen-bond acceptors (Lipinski definition) is 1. The fourth-order valence-electron chi connectivity index (χ4n) is 1.19. The van der Waals surface area contributed by atoms with Crippen LogP contribution < -0.4 is 11.1 Å². The molecular weight excluding hydrogens is 193 g/mol. The van der Waals surface area contributed by atoms with Crippen molar-refractivity contribution in [3.8, 4) is 0 Å². The van der Waals surface area contributed by atoms with Crippen molar-refractivity contribution in [2.45, 2.75) is 13.3 Å². The van der Waals surface area contributed by atoms with Gasteiger partial charge in [-0.25, -0.2) is 4.39 Å². The maximum atomic E-state index is 12.6. The number of nitrogens with one attached hydrogen (secondary N) is 1. The van der Waals surface area contributed by atoms with Gasteiger partial charge in [-0.2, -0.15) is 0 Å². The Morgan fingerprint density at radius 3 is 2.67 bits per heavy atom. The molecule has 1 rings (SSSR count). The fourth-order valence-corrected chi connectivity index (χ4v) is 1.19. The summed E-state index contributed by atoms with van der Waals surface area (Å²) in [5.74, 6) is 0.244. The van der Waals surface area contributed by atoms with E-state index < -0.39 is 0 Å². The molecule has 0 fully saturated rings. The van der Waals surface area contributed by atoms with Crippen LogP contribution in [0, 0.1) is 5.82 Å². The Labute approximate surface area is 89.2 Å². The molecule has 4 heteroatoms. The van der Waals surface area contributed by atoms with Gasteiger partial charge in [-0.05, 0) is 31.0 Å². The Balaban J connectivity index is 2.37. The molecule has 0 saturated carbocycles. The van der Waals surface area contributed by atoms with Crippen LogP contribution >= 0.6 is 0 Å². The summed E-state index contributed by atoms with van der Waals surface area (Å²) in [7, 11) is 0. The van der Waals surface area contributed by atoms with Crippen molar-refractivity contribution >= 4 is 5.96 Å². The minimum absolute atomic E-state index is 0.214. The summed E-state index contributed by atoms with van der Waals surface area (Å²) in [4.78, 5) is 4.12. The van der Waals surface area contributed by atoms with E-state index in [-0.39, 0.29) is 5.82 Å². The van der Waals surface area contributed by atoms with E-state index in [1.54, 1.807) is 12.1 Å². The van der Waals surface area contributed by atoms with Crippen molar-refractivity contribution < 1.29 is 4.39 Å². The molecule has 1 aromatic carbocycles. The third-order valence-corrected chi connectivity index (χ3v) is 1.95. The molecule has 82 valence electrons. The first-order valence-corrected chi connectivity index (χ1v) is 5.00. The van der Waals surface area contributed by atoms with Gasteiger partial charge in [0.25, 0.3) is 0 Å². The minimum Gasteiger partial charge on any atom is -0.370 e. The minimum atomic E-state index is -0.214. The third-order valence-electron chi connectivity index (χ3n) is 1.95. The summed E-state index contributed by atoms with van der Waals surface area (Å²) in [6.45, 7) is 3.35. The zero-order valence-electron chi connectivity index (χ0n) is 8.83. The lowest BCUT2D eigenvalue weighted by molar-refractivity contribution is 0.627. The van der Waals surface area contributed by atoms with E-state index in [9.17, 15) is 4.39 Å². The van der Waals surface area contributed by atoms with E-state index >= 15 is 0 Å². The van der Waals surface area contributed by atoms with Crippen LogP contribution in [0.5, 0.6) is 0 Å². The first-order chi connectivity index (χ1) is 7.22. The molecule has 0 spiro atoms. The molecule has 0 amide bonds. The first-order valence-electron chi connectivity index (χ1n) is 5.00. The topological polar surface area (TPSA) is 50.4 Å². The Hall–Kier alpha value is -1.58. The number of nitrogens with zero attached hydrogens (tertiary/aromatic N) is 1. The van der Waals surface area contributed by atoms with E-state index in [0.29, 0.717) is 12.5 Å². The summed E-state index contributed by atoms with van der Waals surface area (Å²) in [6.07, 6.45) is 0.770. The molecule has 0 aliphatic heterocycles. The summed E-state index contributed by atoms with van der Waals surface area (Å²) < 4.78 is 12.6. The molecule has 0 aromatic heterocycles. The van der Waals surface area contributed by atoms with Crippen molar-refractivity contribution in [1.82, 2.24) is 5.32 Å². The molecule has 15 heavy (non-hydrogen) atoms. The molecule has 0 atom stereocenters. The Bertz CT molecular complexity index is 319. The van der Waals surface area contributed by atoms with E-state index in [0.717, 1.165) is 18.5 Å². The summed E-state index contributed by atoms with van der Waals surface area (Å²) in [5.41, 5.74) is 6.61. The second kappa shape index (κ2) is 6.01. The normalized spacial score (nSPS) is 11.5. The van der Waals surface area contributed by atoms with Crippen molar-refractivity contribution in [1.29, 1.82) is 0 Å².